The largest absolute Gasteiger partial charge is 0.360 e. The number of ether oxygens (including phenoxy) is 1. The zero-order chi connectivity index (χ0) is 31.5. The molecule has 4 aromatic rings. The van der Waals surface area contributed by atoms with Gasteiger partial charge in [-0.15, -0.1) is 0 Å². The molecule has 1 aliphatic rings. The van der Waals surface area contributed by atoms with Crippen LogP contribution in [0, 0.1) is 5.92 Å². The van der Waals surface area contributed by atoms with Crippen molar-refractivity contribution in [1.29, 1.82) is 0 Å². The summed E-state index contributed by atoms with van der Waals surface area (Å²) in [5.41, 5.74) is -0.224. The number of hydrogen-bond acceptors (Lipinski definition) is 9. The molecule has 1 aromatic heterocycles. The van der Waals surface area contributed by atoms with Gasteiger partial charge in [-0.3, -0.25) is 22.7 Å². The molecule has 1 aliphatic carbocycles. The van der Waals surface area contributed by atoms with Crippen LogP contribution in [0.2, 0.25) is 0 Å². The Hall–Kier alpha value is -3.88. The minimum absolute atomic E-state index is 0.0285. The Balaban J connectivity index is 1.64. The van der Waals surface area contributed by atoms with E-state index in [4.69, 9.17) is 13.1 Å². The molecular formula is C31H32N2O9S2. The van der Waals surface area contributed by atoms with Gasteiger partial charge >= 0.3 is 5.69 Å². The summed E-state index contributed by atoms with van der Waals surface area (Å²) in [7, 11) is -8.29. The van der Waals surface area contributed by atoms with Crippen molar-refractivity contribution in [1.82, 2.24) is 9.55 Å². The molecule has 0 amide bonds. The van der Waals surface area contributed by atoms with E-state index < -0.39 is 61.3 Å². The average Bonchev–Trinajstić information content (AvgIpc) is 3.28. The maximum Gasteiger partial charge on any atom is 0.328 e. The first-order chi connectivity index (χ1) is 20.9. The molecule has 0 radical (unpaired) electrons. The van der Waals surface area contributed by atoms with Gasteiger partial charge in [-0.05, 0) is 23.1 Å². The van der Waals surface area contributed by atoms with Gasteiger partial charge in [0, 0.05) is 18.2 Å². The average molecular weight is 641 g/mol. The van der Waals surface area contributed by atoms with Crippen molar-refractivity contribution in [3.05, 3.63) is 141 Å². The van der Waals surface area contributed by atoms with Crippen LogP contribution in [0.4, 0.5) is 0 Å². The van der Waals surface area contributed by atoms with Gasteiger partial charge in [0.05, 0.1) is 25.2 Å². The fraction of sp³-hybridized carbons (Fsp3) is 0.290. The fourth-order valence-corrected chi connectivity index (χ4v) is 7.16. The molecule has 1 unspecified atom stereocenters. The van der Waals surface area contributed by atoms with Crippen molar-refractivity contribution in [2.75, 3.05) is 19.1 Å². The molecule has 11 nitrogen and oxygen atoms in total. The SMILES string of the molecule is CS(=O)(=O)OC1[C@@H](OS(C)(=O)=O)[C@@H](COC(c2ccccc2)(c2ccccc2)c2ccccc2)C[C@H]1n1ccc(=O)[nH]c1=O. The molecule has 44 heavy (non-hydrogen) atoms. The Bertz CT molecular complexity index is 1810. The highest BCUT2D eigenvalue weighted by atomic mass is 32.2. The zero-order valence-corrected chi connectivity index (χ0v) is 25.6. The van der Waals surface area contributed by atoms with Crippen molar-refractivity contribution < 1.29 is 29.9 Å². The van der Waals surface area contributed by atoms with Crippen molar-refractivity contribution in [2.45, 2.75) is 30.3 Å². The Morgan fingerprint density at radius 1 is 0.727 bits per heavy atom. The molecule has 0 spiro atoms. The van der Waals surface area contributed by atoms with E-state index in [0.717, 1.165) is 39.8 Å². The molecular weight excluding hydrogens is 608 g/mol. The Morgan fingerprint density at radius 3 is 1.61 bits per heavy atom. The summed E-state index contributed by atoms with van der Waals surface area (Å²) in [6.07, 6.45) is 0.130. The Kier molecular flexibility index (Phi) is 9.05. The van der Waals surface area contributed by atoms with Gasteiger partial charge in [-0.25, -0.2) is 4.79 Å². The first kappa shape index (κ1) is 31.5. The molecule has 1 N–H and O–H groups in total. The summed E-state index contributed by atoms with van der Waals surface area (Å²) < 4.78 is 68.6. The van der Waals surface area contributed by atoms with Crippen molar-refractivity contribution >= 4 is 20.2 Å². The summed E-state index contributed by atoms with van der Waals surface area (Å²) in [5, 5.41) is 0. The highest BCUT2D eigenvalue weighted by Gasteiger charge is 2.51. The lowest BCUT2D eigenvalue weighted by molar-refractivity contribution is -0.0355. The van der Waals surface area contributed by atoms with E-state index in [1.807, 2.05) is 91.0 Å². The predicted molar refractivity (Wildman–Crippen MR) is 163 cm³/mol. The van der Waals surface area contributed by atoms with Crippen LogP contribution in [0.25, 0.3) is 0 Å². The monoisotopic (exact) mass is 640 g/mol. The summed E-state index contributed by atoms with van der Waals surface area (Å²) >= 11 is 0. The van der Waals surface area contributed by atoms with Gasteiger partial charge in [0.15, 0.2) is 0 Å². The Labute approximate surface area is 255 Å². The van der Waals surface area contributed by atoms with Crippen LogP contribution >= 0.6 is 0 Å². The van der Waals surface area contributed by atoms with Gasteiger partial charge in [0.25, 0.3) is 25.8 Å². The standard InChI is InChI=1S/C31H32N2O9S2/c1-43(36,37)41-28-22(20-26(29(28)42-44(2,38)39)33-19-18-27(34)32-30(33)35)21-40-31(23-12-6-3-7-13-23,24-14-8-4-9-15-24)25-16-10-5-11-17-25/h3-19,22,26,28-29H,20-21H2,1-2H3,(H,32,34,35)/t22-,26-,28+,29?/m1/s1. The Morgan fingerprint density at radius 2 is 1.18 bits per heavy atom. The molecule has 1 fully saturated rings. The number of H-pyrrole nitrogens is 1. The minimum atomic E-state index is -4.16. The van der Waals surface area contributed by atoms with E-state index in [0.29, 0.717) is 0 Å². The van der Waals surface area contributed by atoms with Crippen molar-refractivity contribution in [2.24, 2.45) is 5.92 Å². The highest BCUT2D eigenvalue weighted by Crippen LogP contribution is 2.44. The van der Waals surface area contributed by atoms with Crippen LogP contribution in [-0.2, 0) is 38.9 Å². The first-order valence-corrected chi connectivity index (χ1v) is 17.4. The lowest BCUT2D eigenvalue weighted by Crippen LogP contribution is -2.42. The molecule has 1 heterocycles. The van der Waals surface area contributed by atoms with E-state index in [9.17, 15) is 26.4 Å². The van der Waals surface area contributed by atoms with Gasteiger partial charge < -0.3 is 4.74 Å². The summed E-state index contributed by atoms with van der Waals surface area (Å²) in [4.78, 5) is 26.8. The molecule has 0 bridgehead atoms. The molecule has 0 aliphatic heterocycles. The van der Waals surface area contributed by atoms with Crippen LogP contribution in [0.5, 0.6) is 0 Å². The molecule has 0 saturated heterocycles. The molecule has 1 saturated carbocycles. The van der Waals surface area contributed by atoms with E-state index in [-0.39, 0.29) is 13.0 Å². The summed E-state index contributed by atoms with van der Waals surface area (Å²) in [6, 6.07) is 28.6. The molecule has 3 aromatic carbocycles. The quantitative estimate of drug-likeness (QED) is 0.193. The van der Waals surface area contributed by atoms with Gasteiger partial charge in [-0.1, -0.05) is 91.0 Å². The molecule has 5 rings (SSSR count). The third-order valence-corrected chi connectivity index (χ3v) is 8.69. The predicted octanol–water partition coefficient (Wildman–Crippen LogP) is 2.80. The highest BCUT2D eigenvalue weighted by molar-refractivity contribution is 7.86. The van der Waals surface area contributed by atoms with Crippen LogP contribution in [-0.4, -0.2) is 57.7 Å². The normalized spacial score (nSPS) is 20.9. The van der Waals surface area contributed by atoms with E-state index >= 15 is 0 Å². The second kappa shape index (κ2) is 12.6. The topological polar surface area (TPSA) is 151 Å². The number of nitrogens with one attached hydrogen (secondary N) is 1. The molecule has 232 valence electrons. The van der Waals surface area contributed by atoms with Crippen molar-refractivity contribution in [3.63, 3.8) is 0 Å². The molecule has 4 atom stereocenters. The third kappa shape index (κ3) is 6.92. The smallest absolute Gasteiger partial charge is 0.328 e. The maximum absolute atomic E-state index is 12.8. The molecule has 13 heteroatoms. The fourth-order valence-electron chi connectivity index (χ4n) is 5.85. The van der Waals surface area contributed by atoms with E-state index in [2.05, 4.69) is 4.98 Å². The number of rotatable bonds is 11. The number of nitrogens with zero attached hydrogens (tertiary/aromatic N) is 1. The third-order valence-electron chi connectivity index (χ3n) is 7.55. The summed E-state index contributed by atoms with van der Waals surface area (Å²) in [5.74, 6) is -0.782. The van der Waals surface area contributed by atoms with E-state index in [1.165, 1.54) is 6.20 Å². The zero-order valence-electron chi connectivity index (χ0n) is 24.0. The number of aromatic nitrogens is 2. The number of benzene rings is 3. The maximum atomic E-state index is 12.8. The van der Waals surface area contributed by atoms with Crippen molar-refractivity contribution in [3.8, 4) is 0 Å². The van der Waals surface area contributed by atoms with E-state index in [1.54, 1.807) is 0 Å². The lowest BCUT2D eigenvalue weighted by Gasteiger charge is -2.37. The number of hydrogen-bond donors (Lipinski definition) is 1. The second-order valence-electron chi connectivity index (χ2n) is 10.7. The van der Waals surface area contributed by atoms with Gasteiger partial charge in [-0.2, -0.15) is 16.8 Å². The van der Waals surface area contributed by atoms with Crippen LogP contribution in [0.15, 0.2) is 113 Å². The van der Waals surface area contributed by atoms with Gasteiger partial charge in [0.2, 0.25) is 0 Å². The minimum Gasteiger partial charge on any atom is -0.360 e. The number of aromatic amines is 1. The summed E-state index contributed by atoms with van der Waals surface area (Å²) in [6.45, 7) is -0.128. The second-order valence-corrected chi connectivity index (χ2v) is 13.9. The van der Waals surface area contributed by atoms with Gasteiger partial charge in [0.1, 0.15) is 17.8 Å². The van der Waals surface area contributed by atoms with Crippen LogP contribution in [0.1, 0.15) is 29.2 Å². The van der Waals surface area contributed by atoms with Crippen LogP contribution < -0.4 is 11.2 Å². The lowest BCUT2D eigenvalue weighted by atomic mass is 9.80. The first-order valence-electron chi connectivity index (χ1n) is 13.8. The van der Waals surface area contributed by atoms with Crippen LogP contribution in [0.3, 0.4) is 0 Å².